The minimum absolute atomic E-state index is 0.644. The van der Waals surface area contributed by atoms with Crippen molar-refractivity contribution >= 4 is 22.7 Å². The first-order chi connectivity index (χ1) is 9.24. The van der Waals surface area contributed by atoms with E-state index in [4.69, 9.17) is 0 Å². The lowest BCUT2D eigenvalue weighted by molar-refractivity contribution is 0.367. The standard InChI is InChI=1S/C14H21N5/c1-4-19(3)10-9-16-13-11-7-5-6-8-12(11)17-14(15-2)18-13/h5-8H,4,9-10H2,1-3H3,(H2,15,16,17,18). The van der Waals surface area contributed by atoms with Crippen LogP contribution in [0, 0.1) is 0 Å². The van der Waals surface area contributed by atoms with Gasteiger partial charge in [-0.15, -0.1) is 0 Å². The van der Waals surface area contributed by atoms with Crippen molar-refractivity contribution in [2.24, 2.45) is 0 Å². The molecule has 5 heteroatoms. The molecule has 5 nitrogen and oxygen atoms in total. The van der Waals surface area contributed by atoms with E-state index in [1.54, 1.807) is 0 Å². The van der Waals surface area contributed by atoms with Crippen molar-refractivity contribution in [2.75, 3.05) is 44.4 Å². The van der Waals surface area contributed by atoms with Gasteiger partial charge in [-0.3, -0.25) is 0 Å². The summed E-state index contributed by atoms with van der Waals surface area (Å²) in [5.74, 6) is 1.53. The molecule has 0 aliphatic carbocycles. The summed E-state index contributed by atoms with van der Waals surface area (Å²) in [5, 5.41) is 7.45. The smallest absolute Gasteiger partial charge is 0.224 e. The van der Waals surface area contributed by atoms with Crippen molar-refractivity contribution in [3.05, 3.63) is 24.3 Å². The van der Waals surface area contributed by atoms with E-state index in [0.29, 0.717) is 5.95 Å². The van der Waals surface area contributed by atoms with Crippen LogP contribution in [-0.4, -0.2) is 48.6 Å². The second-order valence-electron chi connectivity index (χ2n) is 4.49. The molecule has 0 aliphatic rings. The van der Waals surface area contributed by atoms with Crippen LogP contribution in [-0.2, 0) is 0 Å². The van der Waals surface area contributed by atoms with Gasteiger partial charge in [0.05, 0.1) is 5.52 Å². The highest BCUT2D eigenvalue weighted by atomic mass is 15.2. The van der Waals surface area contributed by atoms with Crippen LogP contribution in [0.3, 0.4) is 0 Å². The van der Waals surface area contributed by atoms with Crippen LogP contribution >= 0.6 is 0 Å². The van der Waals surface area contributed by atoms with Crippen LogP contribution in [0.4, 0.5) is 11.8 Å². The van der Waals surface area contributed by atoms with E-state index < -0.39 is 0 Å². The maximum Gasteiger partial charge on any atom is 0.224 e. The zero-order chi connectivity index (χ0) is 13.7. The van der Waals surface area contributed by atoms with Crippen LogP contribution in [0.1, 0.15) is 6.92 Å². The quantitative estimate of drug-likeness (QED) is 0.831. The molecule has 0 spiro atoms. The van der Waals surface area contributed by atoms with E-state index in [1.807, 2.05) is 31.3 Å². The summed E-state index contributed by atoms with van der Waals surface area (Å²) in [6.07, 6.45) is 0. The van der Waals surface area contributed by atoms with Crippen molar-refractivity contribution in [1.29, 1.82) is 0 Å². The molecule has 0 unspecified atom stereocenters. The molecular weight excluding hydrogens is 238 g/mol. The van der Waals surface area contributed by atoms with Gasteiger partial charge in [-0.25, -0.2) is 4.98 Å². The number of likely N-dealkylation sites (N-methyl/N-ethyl adjacent to an activating group) is 1. The minimum Gasteiger partial charge on any atom is -0.368 e. The summed E-state index contributed by atoms with van der Waals surface area (Å²) in [4.78, 5) is 11.2. The van der Waals surface area contributed by atoms with E-state index in [0.717, 1.165) is 36.4 Å². The monoisotopic (exact) mass is 259 g/mol. The first-order valence-electron chi connectivity index (χ1n) is 6.61. The molecule has 19 heavy (non-hydrogen) atoms. The Balaban J connectivity index is 2.20. The Morgan fingerprint density at radius 2 is 2.00 bits per heavy atom. The molecule has 0 amide bonds. The Kier molecular flexibility index (Phi) is 4.52. The lowest BCUT2D eigenvalue weighted by atomic mass is 10.2. The van der Waals surface area contributed by atoms with Crippen LogP contribution in [0.2, 0.25) is 0 Å². The van der Waals surface area contributed by atoms with Gasteiger partial charge in [0.25, 0.3) is 0 Å². The SMILES string of the molecule is CCN(C)CCNc1nc(NC)nc2ccccc12. The van der Waals surface area contributed by atoms with E-state index in [1.165, 1.54) is 0 Å². The van der Waals surface area contributed by atoms with Crippen molar-refractivity contribution in [1.82, 2.24) is 14.9 Å². The van der Waals surface area contributed by atoms with Gasteiger partial charge >= 0.3 is 0 Å². The first kappa shape index (κ1) is 13.5. The fourth-order valence-corrected chi connectivity index (χ4v) is 1.85. The third-order valence-electron chi connectivity index (χ3n) is 3.15. The molecule has 0 atom stereocenters. The average Bonchev–Trinajstić information content (AvgIpc) is 2.46. The second-order valence-corrected chi connectivity index (χ2v) is 4.49. The number of nitrogens with zero attached hydrogens (tertiary/aromatic N) is 3. The summed E-state index contributed by atoms with van der Waals surface area (Å²) < 4.78 is 0. The largest absolute Gasteiger partial charge is 0.368 e. The molecule has 102 valence electrons. The number of rotatable bonds is 6. The van der Waals surface area contributed by atoms with Crippen LogP contribution in [0.5, 0.6) is 0 Å². The van der Waals surface area contributed by atoms with Crippen LogP contribution < -0.4 is 10.6 Å². The highest BCUT2D eigenvalue weighted by Gasteiger charge is 2.06. The van der Waals surface area contributed by atoms with Crippen LogP contribution in [0.25, 0.3) is 10.9 Å². The summed E-state index contributed by atoms with van der Waals surface area (Å²) in [6.45, 7) is 5.06. The Labute approximate surface area is 114 Å². The summed E-state index contributed by atoms with van der Waals surface area (Å²) in [5.41, 5.74) is 0.952. The molecule has 0 fully saturated rings. The molecule has 1 heterocycles. The number of benzene rings is 1. The molecule has 0 saturated carbocycles. The zero-order valence-electron chi connectivity index (χ0n) is 11.8. The molecule has 2 rings (SSSR count). The third-order valence-corrected chi connectivity index (χ3v) is 3.15. The average molecular weight is 259 g/mol. The van der Waals surface area contributed by atoms with E-state index >= 15 is 0 Å². The molecule has 0 bridgehead atoms. The molecule has 0 aliphatic heterocycles. The van der Waals surface area contributed by atoms with Gasteiger partial charge in [-0.1, -0.05) is 19.1 Å². The number of aromatic nitrogens is 2. The lowest BCUT2D eigenvalue weighted by Crippen LogP contribution is -2.25. The van der Waals surface area contributed by atoms with Gasteiger partial charge in [0, 0.05) is 25.5 Å². The van der Waals surface area contributed by atoms with Gasteiger partial charge in [0.15, 0.2) is 0 Å². The highest BCUT2D eigenvalue weighted by Crippen LogP contribution is 2.21. The predicted octanol–water partition coefficient (Wildman–Crippen LogP) is 2.04. The van der Waals surface area contributed by atoms with Crippen molar-refractivity contribution < 1.29 is 0 Å². The summed E-state index contributed by atoms with van der Waals surface area (Å²) in [7, 11) is 3.94. The van der Waals surface area contributed by atoms with Gasteiger partial charge < -0.3 is 15.5 Å². The summed E-state index contributed by atoms with van der Waals surface area (Å²) in [6, 6.07) is 8.04. The first-order valence-corrected chi connectivity index (χ1v) is 6.61. The van der Waals surface area contributed by atoms with E-state index in [2.05, 4.69) is 39.5 Å². The van der Waals surface area contributed by atoms with Crippen molar-refractivity contribution in [3.63, 3.8) is 0 Å². The Bertz CT molecular complexity index is 540. The van der Waals surface area contributed by atoms with Gasteiger partial charge in [-0.2, -0.15) is 4.98 Å². The molecular formula is C14H21N5. The Morgan fingerprint density at radius 1 is 1.21 bits per heavy atom. The molecule has 0 radical (unpaired) electrons. The van der Waals surface area contributed by atoms with Crippen LogP contribution in [0.15, 0.2) is 24.3 Å². The number of fused-ring (bicyclic) bond motifs is 1. The van der Waals surface area contributed by atoms with Gasteiger partial charge in [-0.05, 0) is 25.7 Å². The predicted molar refractivity (Wildman–Crippen MR) is 80.7 cm³/mol. The fraction of sp³-hybridized carbons (Fsp3) is 0.429. The van der Waals surface area contributed by atoms with E-state index in [9.17, 15) is 0 Å². The fourth-order valence-electron chi connectivity index (χ4n) is 1.85. The molecule has 0 saturated heterocycles. The Hall–Kier alpha value is -1.88. The number of nitrogens with one attached hydrogen (secondary N) is 2. The molecule has 1 aromatic heterocycles. The Morgan fingerprint density at radius 3 is 2.74 bits per heavy atom. The number of hydrogen-bond acceptors (Lipinski definition) is 5. The number of para-hydroxylation sites is 1. The van der Waals surface area contributed by atoms with Gasteiger partial charge in [0.2, 0.25) is 5.95 Å². The highest BCUT2D eigenvalue weighted by molar-refractivity contribution is 5.89. The van der Waals surface area contributed by atoms with Crippen molar-refractivity contribution in [3.8, 4) is 0 Å². The zero-order valence-corrected chi connectivity index (χ0v) is 11.8. The van der Waals surface area contributed by atoms with Gasteiger partial charge in [0.1, 0.15) is 5.82 Å². The molecule has 1 aromatic carbocycles. The normalized spacial score (nSPS) is 10.9. The lowest BCUT2D eigenvalue weighted by Gasteiger charge is -2.15. The number of hydrogen-bond donors (Lipinski definition) is 2. The minimum atomic E-state index is 0.644. The second kappa shape index (κ2) is 6.33. The summed E-state index contributed by atoms with van der Waals surface area (Å²) >= 11 is 0. The molecule has 2 N–H and O–H groups in total. The topological polar surface area (TPSA) is 53.1 Å². The number of anilines is 2. The maximum absolute atomic E-state index is 4.49. The van der Waals surface area contributed by atoms with E-state index in [-0.39, 0.29) is 0 Å². The third kappa shape index (κ3) is 3.32. The maximum atomic E-state index is 4.49. The van der Waals surface area contributed by atoms with Crippen molar-refractivity contribution in [2.45, 2.75) is 6.92 Å². The molecule has 2 aromatic rings.